The van der Waals surface area contributed by atoms with Gasteiger partial charge in [-0.15, -0.1) is 0 Å². The fourth-order valence-corrected chi connectivity index (χ4v) is 3.17. The summed E-state index contributed by atoms with van der Waals surface area (Å²) < 4.78 is 24.2. The summed E-state index contributed by atoms with van der Waals surface area (Å²) in [4.78, 5) is 23.6. The first-order chi connectivity index (χ1) is 8.84. The van der Waals surface area contributed by atoms with Gasteiger partial charge in [0.05, 0.1) is 13.2 Å². The first-order valence-electron chi connectivity index (χ1n) is 6.42. The van der Waals surface area contributed by atoms with Crippen LogP contribution in [-0.4, -0.2) is 42.4 Å². The van der Waals surface area contributed by atoms with Crippen molar-refractivity contribution in [3.8, 4) is 0 Å². The Bertz CT molecular complexity index is 419. The molecule has 0 bridgehead atoms. The number of hydrogen-bond donors (Lipinski definition) is 2. The second-order valence-corrected chi connectivity index (χ2v) is 5.07. The minimum absolute atomic E-state index is 0.0764. The largest absolute Gasteiger partial charge is 0.465 e. The van der Waals surface area contributed by atoms with Gasteiger partial charge in [0, 0.05) is 17.9 Å². The first-order valence-corrected chi connectivity index (χ1v) is 6.42. The van der Waals surface area contributed by atoms with Gasteiger partial charge in [0.25, 0.3) is 0 Å². The number of carbonyl (C=O) groups excluding carboxylic acids is 2. The van der Waals surface area contributed by atoms with Crippen LogP contribution in [0.5, 0.6) is 0 Å². The molecule has 2 rings (SSSR count). The predicted octanol–water partition coefficient (Wildman–Crippen LogP) is -0.505. The molecule has 2 fully saturated rings. The SMILES string of the molecule is CCOC(=O)[C@]1(N)[C@H](N)C[C@@H]2[C@H]1[C@@]2(F)C(=O)OCC. The van der Waals surface area contributed by atoms with E-state index in [0.717, 1.165) is 0 Å². The van der Waals surface area contributed by atoms with Crippen molar-refractivity contribution >= 4 is 11.9 Å². The standard InChI is InChI=1S/C12H19FN2O4/c1-3-18-9(16)11(13)6-5-7(14)12(15,8(6)11)10(17)19-4-2/h6-8H,3-5,14-15H2,1-2H3/t6-,7-,8+,11-,12+/m1/s1. The Balaban J connectivity index is 2.23. The summed E-state index contributed by atoms with van der Waals surface area (Å²) in [5, 5.41) is 0. The fourth-order valence-electron chi connectivity index (χ4n) is 3.17. The van der Waals surface area contributed by atoms with Crippen LogP contribution in [0, 0.1) is 11.8 Å². The Hall–Kier alpha value is -1.21. The van der Waals surface area contributed by atoms with Gasteiger partial charge in [-0.3, -0.25) is 0 Å². The van der Waals surface area contributed by atoms with Crippen molar-refractivity contribution in [3.05, 3.63) is 0 Å². The molecule has 4 N–H and O–H groups in total. The van der Waals surface area contributed by atoms with Gasteiger partial charge in [-0.1, -0.05) is 0 Å². The molecule has 0 unspecified atom stereocenters. The zero-order valence-electron chi connectivity index (χ0n) is 11.0. The molecule has 5 atom stereocenters. The van der Waals surface area contributed by atoms with Gasteiger partial charge in [-0.25, -0.2) is 14.0 Å². The Morgan fingerprint density at radius 1 is 1.26 bits per heavy atom. The summed E-state index contributed by atoms with van der Waals surface area (Å²) in [6, 6.07) is -0.708. The Morgan fingerprint density at radius 2 is 1.79 bits per heavy atom. The van der Waals surface area contributed by atoms with Crippen molar-refractivity contribution in [2.75, 3.05) is 13.2 Å². The molecule has 0 amide bonds. The van der Waals surface area contributed by atoms with Gasteiger partial charge in [0.15, 0.2) is 0 Å². The summed E-state index contributed by atoms with van der Waals surface area (Å²) >= 11 is 0. The average molecular weight is 274 g/mol. The molecule has 0 aromatic carbocycles. The number of ether oxygens (including phenoxy) is 2. The predicted molar refractivity (Wildman–Crippen MR) is 63.6 cm³/mol. The molecule has 0 radical (unpaired) electrons. The van der Waals surface area contributed by atoms with Crippen molar-refractivity contribution < 1.29 is 23.5 Å². The molecule has 0 spiro atoms. The maximum atomic E-state index is 14.6. The lowest BCUT2D eigenvalue weighted by Gasteiger charge is -2.31. The van der Waals surface area contributed by atoms with Gasteiger partial charge in [0.1, 0.15) is 5.54 Å². The van der Waals surface area contributed by atoms with Crippen LogP contribution >= 0.6 is 0 Å². The molecule has 0 aliphatic heterocycles. The van der Waals surface area contributed by atoms with E-state index in [9.17, 15) is 14.0 Å². The van der Waals surface area contributed by atoms with Gasteiger partial charge < -0.3 is 20.9 Å². The van der Waals surface area contributed by atoms with Crippen LogP contribution in [0.4, 0.5) is 4.39 Å². The van der Waals surface area contributed by atoms with Crippen LogP contribution < -0.4 is 11.5 Å². The monoisotopic (exact) mass is 274 g/mol. The molecule has 2 aliphatic rings. The fraction of sp³-hybridized carbons (Fsp3) is 0.833. The topological polar surface area (TPSA) is 105 Å². The van der Waals surface area contributed by atoms with E-state index in [2.05, 4.69) is 0 Å². The van der Waals surface area contributed by atoms with Crippen LogP contribution in [-0.2, 0) is 19.1 Å². The smallest absolute Gasteiger partial charge is 0.344 e. The van der Waals surface area contributed by atoms with E-state index in [0.29, 0.717) is 0 Å². The molecule has 108 valence electrons. The Morgan fingerprint density at radius 3 is 2.32 bits per heavy atom. The lowest BCUT2D eigenvalue weighted by Crippen LogP contribution is -2.63. The highest BCUT2D eigenvalue weighted by Crippen LogP contribution is 2.66. The Labute approximate surface area is 110 Å². The van der Waals surface area contributed by atoms with Crippen LogP contribution in [0.25, 0.3) is 0 Å². The number of nitrogens with two attached hydrogens (primary N) is 2. The summed E-state index contributed by atoms with van der Waals surface area (Å²) in [5.41, 5.74) is 7.94. The summed E-state index contributed by atoms with van der Waals surface area (Å²) in [6.45, 7) is 3.42. The average Bonchev–Trinajstić information content (AvgIpc) is 2.84. The molecule has 2 saturated carbocycles. The maximum absolute atomic E-state index is 14.6. The maximum Gasteiger partial charge on any atom is 0.344 e. The lowest BCUT2D eigenvalue weighted by atomic mass is 9.86. The number of rotatable bonds is 4. The van der Waals surface area contributed by atoms with Crippen molar-refractivity contribution in [1.29, 1.82) is 0 Å². The van der Waals surface area contributed by atoms with Gasteiger partial charge in [-0.2, -0.15) is 0 Å². The van der Waals surface area contributed by atoms with Gasteiger partial charge in [-0.05, 0) is 20.3 Å². The molecule has 7 heteroatoms. The van der Waals surface area contributed by atoms with Crippen LogP contribution in [0.15, 0.2) is 0 Å². The molecule has 2 aliphatic carbocycles. The van der Waals surface area contributed by atoms with E-state index >= 15 is 0 Å². The highest BCUT2D eigenvalue weighted by Gasteiger charge is 2.84. The van der Waals surface area contributed by atoms with E-state index in [4.69, 9.17) is 20.9 Å². The molecule has 0 saturated heterocycles. The highest BCUT2D eigenvalue weighted by atomic mass is 19.1. The van der Waals surface area contributed by atoms with Crippen molar-refractivity contribution in [3.63, 3.8) is 0 Å². The second kappa shape index (κ2) is 4.42. The van der Waals surface area contributed by atoms with E-state index < -0.39 is 41.0 Å². The number of halogens is 1. The molecular formula is C12H19FN2O4. The molecule has 19 heavy (non-hydrogen) atoms. The normalized spacial score (nSPS) is 43.5. The third kappa shape index (κ3) is 1.68. The Kier molecular flexibility index (Phi) is 3.30. The van der Waals surface area contributed by atoms with E-state index in [1.165, 1.54) is 0 Å². The molecule has 0 aromatic heterocycles. The van der Waals surface area contributed by atoms with E-state index in [1.807, 2.05) is 0 Å². The minimum Gasteiger partial charge on any atom is -0.465 e. The van der Waals surface area contributed by atoms with Crippen molar-refractivity contribution in [1.82, 2.24) is 0 Å². The number of hydrogen-bond acceptors (Lipinski definition) is 6. The molecule has 0 heterocycles. The van der Waals surface area contributed by atoms with Crippen molar-refractivity contribution in [2.24, 2.45) is 23.3 Å². The van der Waals surface area contributed by atoms with Crippen LogP contribution in [0.1, 0.15) is 20.3 Å². The van der Waals surface area contributed by atoms with Crippen LogP contribution in [0.2, 0.25) is 0 Å². The van der Waals surface area contributed by atoms with Crippen molar-refractivity contribution in [2.45, 2.75) is 37.5 Å². The number of alkyl halides is 1. The minimum atomic E-state index is -2.20. The number of esters is 2. The number of carbonyl (C=O) groups is 2. The zero-order valence-corrected chi connectivity index (χ0v) is 11.0. The van der Waals surface area contributed by atoms with Gasteiger partial charge >= 0.3 is 11.9 Å². The zero-order chi connectivity index (χ0) is 14.4. The highest BCUT2D eigenvalue weighted by molar-refractivity contribution is 5.92. The van der Waals surface area contributed by atoms with E-state index in [1.54, 1.807) is 13.8 Å². The summed E-state index contributed by atoms with van der Waals surface area (Å²) in [6.07, 6.45) is 0.176. The number of fused-ring (bicyclic) bond motifs is 1. The van der Waals surface area contributed by atoms with Gasteiger partial charge in [0.2, 0.25) is 5.67 Å². The summed E-state index contributed by atoms with van der Waals surface area (Å²) in [5.74, 6) is -3.32. The first kappa shape index (κ1) is 14.2. The quantitative estimate of drug-likeness (QED) is 0.669. The molecule has 6 nitrogen and oxygen atoms in total. The third-order valence-corrected chi connectivity index (χ3v) is 4.14. The second-order valence-electron chi connectivity index (χ2n) is 5.07. The molecular weight excluding hydrogens is 255 g/mol. The van der Waals surface area contributed by atoms with Crippen LogP contribution in [0.3, 0.4) is 0 Å². The summed E-state index contributed by atoms with van der Waals surface area (Å²) in [7, 11) is 0. The third-order valence-electron chi connectivity index (χ3n) is 4.14. The molecule has 0 aromatic rings. The van der Waals surface area contributed by atoms with E-state index in [-0.39, 0.29) is 19.6 Å². The lowest BCUT2D eigenvalue weighted by molar-refractivity contribution is -0.156.